The molecule has 0 spiro atoms. The molecule has 0 aliphatic rings. The summed E-state index contributed by atoms with van der Waals surface area (Å²) in [6, 6.07) is 6.46. The Bertz CT molecular complexity index is 716. The summed E-state index contributed by atoms with van der Waals surface area (Å²) in [7, 11) is 0. The molecule has 2 aromatic rings. The molecular formula is C14H15BrClN3O4. The first-order valence-corrected chi connectivity index (χ1v) is 6.95. The fourth-order valence-electron chi connectivity index (χ4n) is 2.19. The van der Waals surface area contributed by atoms with Gasteiger partial charge < -0.3 is 32.2 Å². The monoisotopic (exact) mass is 403 g/mol. The molecule has 0 unspecified atom stereocenters. The van der Waals surface area contributed by atoms with Crippen molar-refractivity contribution in [3.63, 3.8) is 0 Å². The molecular weight excluding hydrogens is 390 g/mol. The first-order chi connectivity index (χ1) is 10.4. The van der Waals surface area contributed by atoms with Gasteiger partial charge in [-0.1, -0.05) is 11.6 Å². The summed E-state index contributed by atoms with van der Waals surface area (Å²) in [4.78, 5) is 22.7. The second-order valence-corrected chi connectivity index (χ2v) is 5.16. The first kappa shape index (κ1) is 19.3. The van der Waals surface area contributed by atoms with Crippen LogP contribution in [-0.2, 0) is 13.1 Å². The number of Topliss-reactive ketones (excluding diaryl/α,β-unsaturated/α-hetero) is 1. The van der Waals surface area contributed by atoms with E-state index in [2.05, 4.69) is 0 Å². The molecule has 1 heterocycles. The maximum atomic E-state index is 12.2. The molecule has 0 radical (unpaired) electrons. The van der Waals surface area contributed by atoms with Crippen LogP contribution in [-0.4, -0.2) is 27.0 Å². The number of rotatable bonds is 6. The lowest BCUT2D eigenvalue weighted by atomic mass is 10.1. The van der Waals surface area contributed by atoms with Crippen LogP contribution in [0.2, 0.25) is 5.02 Å². The van der Waals surface area contributed by atoms with Crippen molar-refractivity contribution in [1.82, 2.24) is 4.57 Å². The average Bonchev–Trinajstić information content (AvgIpc) is 2.78. The first-order valence-electron chi connectivity index (χ1n) is 6.57. The quantitative estimate of drug-likeness (QED) is 0.275. The van der Waals surface area contributed by atoms with Gasteiger partial charge in [0.2, 0.25) is 5.78 Å². The summed E-state index contributed by atoms with van der Waals surface area (Å²) in [5.74, 6) is 0.194. The Balaban J connectivity index is 0.00000264. The second-order valence-electron chi connectivity index (χ2n) is 4.72. The number of carbonyl (C=O) groups excluding carboxylic acids is 1. The predicted octanol–water partition coefficient (Wildman–Crippen LogP) is -1.48. The molecule has 0 saturated carbocycles. The molecule has 2 rings (SSSR count). The molecule has 0 atom stereocenters. The number of nitrogens with zero attached hydrogens (tertiary/aromatic N) is 3. The Hall–Kier alpha value is -1.77. The Kier molecular flexibility index (Phi) is 6.86. The van der Waals surface area contributed by atoms with Gasteiger partial charge in [-0.25, -0.2) is 4.57 Å². The topological polar surface area (TPSA) is 89.2 Å². The van der Waals surface area contributed by atoms with Crippen molar-refractivity contribution in [3.8, 4) is 0 Å². The van der Waals surface area contributed by atoms with Crippen LogP contribution in [0.5, 0.6) is 0 Å². The van der Waals surface area contributed by atoms with E-state index < -0.39 is 4.92 Å². The van der Waals surface area contributed by atoms with Gasteiger partial charge in [0.15, 0.2) is 12.7 Å². The van der Waals surface area contributed by atoms with E-state index in [0.717, 1.165) is 0 Å². The van der Waals surface area contributed by atoms with Crippen LogP contribution in [0.3, 0.4) is 0 Å². The lowest BCUT2D eigenvalue weighted by Crippen LogP contribution is -3.00. The molecule has 0 aliphatic heterocycles. The van der Waals surface area contributed by atoms with Crippen molar-refractivity contribution in [2.24, 2.45) is 0 Å². The molecule has 0 amide bonds. The molecule has 1 N–H and O–H groups in total. The van der Waals surface area contributed by atoms with E-state index in [-0.39, 0.29) is 48.3 Å². The lowest BCUT2D eigenvalue weighted by molar-refractivity contribution is -0.689. The SMILES string of the molecule is Cc1n(CCO)c([N+](=O)[O-])c[n+]1CC(=O)c1ccc(Cl)cc1.[Br-]. The summed E-state index contributed by atoms with van der Waals surface area (Å²) < 4.78 is 2.87. The number of ketones is 1. The minimum Gasteiger partial charge on any atom is -1.00 e. The fraction of sp³-hybridized carbons (Fsp3) is 0.286. The average molecular weight is 405 g/mol. The summed E-state index contributed by atoms with van der Waals surface area (Å²) >= 11 is 5.78. The number of aromatic nitrogens is 2. The highest BCUT2D eigenvalue weighted by Gasteiger charge is 2.25. The number of hydrogen-bond acceptors (Lipinski definition) is 4. The van der Waals surface area contributed by atoms with E-state index in [1.807, 2.05) is 0 Å². The van der Waals surface area contributed by atoms with E-state index >= 15 is 0 Å². The zero-order valence-electron chi connectivity index (χ0n) is 12.3. The van der Waals surface area contributed by atoms with E-state index in [1.165, 1.54) is 15.3 Å². The molecule has 0 bridgehead atoms. The van der Waals surface area contributed by atoms with Gasteiger partial charge in [0.1, 0.15) is 6.54 Å². The predicted molar refractivity (Wildman–Crippen MR) is 78.9 cm³/mol. The normalized spacial score (nSPS) is 10.2. The van der Waals surface area contributed by atoms with Crippen LogP contribution >= 0.6 is 11.6 Å². The van der Waals surface area contributed by atoms with Crippen molar-refractivity contribution in [2.75, 3.05) is 6.61 Å². The Morgan fingerprint density at radius 1 is 1.39 bits per heavy atom. The van der Waals surface area contributed by atoms with Gasteiger partial charge in [-0.3, -0.25) is 4.79 Å². The lowest BCUT2D eigenvalue weighted by Gasteiger charge is -2.01. The highest BCUT2D eigenvalue weighted by molar-refractivity contribution is 6.30. The van der Waals surface area contributed by atoms with Crippen LogP contribution in [0, 0.1) is 17.0 Å². The standard InChI is InChI=1S/C14H15ClN3O4.BrH/c1-10-16(9-14(18(21)22)17(10)6-7-19)8-13(20)11-2-4-12(15)5-3-11;/h2-5,9,19H,6-8H2,1H3;1H/q+1;/p-1. The van der Waals surface area contributed by atoms with Gasteiger partial charge in [0.05, 0.1) is 6.61 Å². The summed E-state index contributed by atoms with van der Waals surface area (Å²) in [6.07, 6.45) is 1.30. The van der Waals surface area contributed by atoms with Gasteiger partial charge >= 0.3 is 5.82 Å². The van der Waals surface area contributed by atoms with Gasteiger partial charge in [0.25, 0.3) is 5.82 Å². The van der Waals surface area contributed by atoms with Crippen molar-refractivity contribution in [1.29, 1.82) is 0 Å². The third-order valence-electron chi connectivity index (χ3n) is 3.34. The number of aliphatic hydroxyl groups excluding tert-OH is 1. The summed E-state index contributed by atoms with van der Waals surface area (Å²) in [5, 5.41) is 20.6. The number of hydrogen-bond donors (Lipinski definition) is 1. The van der Waals surface area contributed by atoms with Crippen LogP contribution in [0.15, 0.2) is 30.5 Å². The number of halogens is 2. The van der Waals surface area contributed by atoms with Crippen LogP contribution < -0.4 is 21.5 Å². The van der Waals surface area contributed by atoms with Gasteiger partial charge in [-0.2, -0.15) is 4.57 Å². The number of benzene rings is 1. The molecule has 124 valence electrons. The maximum Gasteiger partial charge on any atom is 0.365 e. The highest BCUT2D eigenvalue weighted by Crippen LogP contribution is 2.13. The zero-order chi connectivity index (χ0) is 16.3. The summed E-state index contributed by atoms with van der Waals surface area (Å²) in [5.41, 5.74) is 0.480. The molecule has 23 heavy (non-hydrogen) atoms. The number of imidazole rings is 1. The van der Waals surface area contributed by atoms with Crippen LogP contribution in [0.4, 0.5) is 5.82 Å². The van der Waals surface area contributed by atoms with Gasteiger partial charge in [-0.05, 0) is 29.2 Å². The Labute approximate surface area is 148 Å². The Morgan fingerprint density at radius 2 is 2.00 bits per heavy atom. The molecule has 0 aliphatic carbocycles. The third-order valence-corrected chi connectivity index (χ3v) is 3.60. The summed E-state index contributed by atoms with van der Waals surface area (Å²) in [6.45, 7) is 1.52. The highest BCUT2D eigenvalue weighted by atomic mass is 79.9. The van der Waals surface area contributed by atoms with Gasteiger partial charge in [0, 0.05) is 17.5 Å². The fourth-order valence-corrected chi connectivity index (χ4v) is 2.31. The Morgan fingerprint density at radius 3 is 2.52 bits per heavy atom. The number of carbonyl (C=O) groups is 1. The molecule has 1 aromatic heterocycles. The number of aliphatic hydroxyl groups is 1. The second kappa shape index (κ2) is 8.19. The van der Waals surface area contributed by atoms with Crippen molar-refractivity contribution >= 4 is 23.2 Å². The van der Waals surface area contributed by atoms with Crippen molar-refractivity contribution in [2.45, 2.75) is 20.0 Å². The molecule has 0 saturated heterocycles. The molecule has 1 aromatic carbocycles. The molecule has 7 nitrogen and oxygen atoms in total. The minimum atomic E-state index is -0.536. The minimum absolute atomic E-state index is 0. The van der Waals surface area contributed by atoms with E-state index in [9.17, 15) is 14.9 Å². The van der Waals surface area contributed by atoms with E-state index in [0.29, 0.717) is 16.4 Å². The third kappa shape index (κ3) is 4.37. The molecule has 0 fully saturated rings. The van der Waals surface area contributed by atoms with Crippen molar-refractivity contribution in [3.05, 3.63) is 57.0 Å². The zero-order valence-corrected chi connectivity index (χ0v) is 14.6. The van der Waals surface area contributed by atoms with E-state index in [4.69, 9.17) is 16.7 Å². The molecule has 9 heteroatoms. The van der Waals surface area contributed by atoms with Crippen LogP contribution in [0.25, 0.3) is 0 Å². The number of nitro groups is 1. The van der Waals surface area contributed by atoms with Crippen LogP contribution in [0.1, 0.15) is 16.2 Å². The van der Waals surface area contributed by atoms with Gasteiger partial charge in [-0.15, -0.1) is 0 Å². The largest absolute Gasteiger partial charge is 1.00 e. The van der Waals surface area contributed by atoms with Crippen molar-refractivity contribution < 1.29 is 36.4 Å². The van der Waals surface area contributed by atoms with E-state index in [1.54, 1.807) is 31.2 Å². The smallest absolute Gasteiger partial charge is 0.365 e. The maximum absolute atomic E-state index is 12.2.